The summed E-state index contributed by atoms with van der Waals surface area (Å²) < 4.78 is 7.65. The van der Waals surface area contributed by atoms with E-state index in [0.29, 0.717) is 25.3 Å². The van der Waals surface area contributed by atoms with Gasteiger partial charge in [-0.1, -0.05) is 6.07 Å². The SMILES string of the molecule is Cc1cc(C(=O)N2CC(CO)OCC2C)c(C)n1Cc1ccccn1. The van der Waals surface area contributed by atoms with Gasteiger partial charge in [0.25, 0.3) is 5.91 Å². The van der Waals surface area contributed by atoms with Gasteiger partial charge in [-0.05, 0) is 39.0 Å². The van der Waals surface area contributed by atoms with Crippen LogP contribution in [-0.4, -0.2) is 57.4 Å². The van der Waals surface area contributed by atoms with E-state index in [-0.39, 0.29) is 24.7 Å². The average molecular weight is 343 g/mol. The molecule has 2 aromatic rings. The molecule has 0 aromatic carbocycles. The summed E-state index contributed by atoms with van der Waals surface area (Å²) in [7, 11) is 0. The number of hydrogen-bond donors (Lipinski definition) is 1. The van der Waals surface area contributed by atoms with Gasteiger partial charge in [0, 0.05) is 24.1 Å². The molecule has 0 saturated carbocycles. The third kappa shape index (κ3) is 3.60. The van der Waals surface area contributed by atoms with E-state index in [1.807, 2.05) is 45.0 Å². The summed E-state index contributed by atoms with van der Waals surface area (Å²) >= 11 is 0. The van der Waals surface area contributed by atoms with E-state index in [2.05, 4.69) is 9.55 Å². The first-order valence-corrected chi connectivity index (χ1v) is 8.61. The van der Waals surface area contributed by atoms with Crippen molar-refractivity contribution >= 4 is 5.91 Å². The van der Waals surface area contributed by atoms with Crippen LogP contribution in [0.25, 0.3) is 0 Å². The van der Waals surface area contributed by atoms with Gasteiger partial charge in [0.2, 0.25) is 0 Å². The Labute approximate surface area is 148 Å². The maximum absolute atomic E-state index is 13.1. The Hall–Kier alpha value is -2.18. The molecule has 3 rings (SSSR count). The number of aliphatic hydroxyl groups is 1. The summed E-state index contributed by atoms with van der Waals surface area (Å²) in [6, 6.07) is 7.78. The molecule has 2 aromatic heterocycles. The summed E-state index contributed by atoms with van der Waals surface area (Å²) in [5.74, 6) is -0.00498. The van der Waals surface area contributed by atoms with Crippen LogP contribution in [0, 0.1) is 13.8 Å². The molecule has 3 heterocycles. The van der Waals surface area contributed by atoms with Gasteiger partial charge >= 0.3 is 0 Å². The lowest BCUT2D eigenvalue weighted by Crippen LogP contribution is -2.52. The fourth-order valence-corrected chi connectivity index (χ4v) is 3.28. The molecule has 0 radical (unpaired) electrons. The van der Waals surface area contributed by atoms with Crippen molar-refractivity contribution in [1.82, 2.24) is 14.5 Å². The molecule has 0 spiro atoms. The van der Waals surface area contributed by atoms with E-state index in [0.717, 1.165) is 17.1 Å². The van der Waals surface area contributed by atoms with Gasteiger partial charge in [0.1, 0.15) is 0 Å². The molecule has 1 amide bonds. The fourth-order valence-electron chi connectivity index (χ4n) is 3.28. The molecule has 6 heteroatoms. The van der Waals surface area contributed by atoms with Crippen LogP contribution in [0.1, 0.15) is 34.4 Å². The van der Waals surface area contributed by atoms with Crippen molar-refractivity contribution in [3.8, 4) is 0 Å². The summed E-state index contributed by atoms with van der Waals surface area (Å²) in [4.78, 5) is 19.2. The maximum Gasteiger partial charge on any atom is 0.256 e. The van der Waals surface area contributed by atoms with E-state index in [4.69, 9.17) is 4.74 Å². The third-order valence-electron chi connectivity index (χ3n) is 4.82. The molecular formula is C19H25N3O3. The summed E-state index contributed by atoms with van der Waals surface area (Å²) in [5.41, 5.74) is 3.64. The maximum atomic E-state index is 13.1. The number of carbonyl (C=O) groups is 1. The molecule has 25 heavy (non-hydrogen) atoms. The Balaban J connectivity index is 1.85. The van der Waals surface area contributed by atoms with Crippen molar-refractivity contribution in [2.24, 2.45) is 0 Å². The Kier molecular flexibility index (Phi) is 5.20. The quantitative estimate of drug-likeness (QED) is 0.919. The molecule has 1 fully saturated rings. The Morgan fingerprint density at radius 3 is 2.88 bits per heavy atom. The highest BCUT2D eigenvalue weighted by molar-refractivity contribution is 5.96. The molecule has 1 aliphatic heterocycles. The first-order chi connectivity index (χ1) is 12.0. The molecule has 1 saturated heterocycles. The van der Waals surface area contributed by atoms with Crippen LogP contribution < -0.4 is 0 Å². The second kappa shape index (κ2) is 7.37. The monoisotopic (exact) mass is 343 g/mol. The number of aromatic nitrogens is 2. The zero-order valence-electron chi connectivity index (χ0n) is 15.0. The molecule has 2 unspecified atom stereocenters. The van der Waals surface area contributed by atoms with Gasteiger partial charge in [-0.25, -0.2) is 0 Å². The second-order valence-electron chi connectivity index (χ2n) is 6.64. The summed E-state index contributed by atoms with van der Waals surface area (Å²) in [6.45, 7) is 7.38. The van der Waals surface area contributed by atoms with E-state index in [9.17, 15) is 9.90 Å². The highest BCUT2D eigenvalue weighted by Crippen LogP contribution is 2.21. The molecule has 134 valence electrons. The van der Waals surface area contributed by atoms with E-state index >= 15 is 0 Å². The fraction of sp³-hybridized carbons (Fsp3) is 0.474. The topological polar surface area (TPSA) is 67.6 Å². The van der Waals surface area contributed by atoms with Crippen LogP contribution >= 0.6 is 0 Å². The lowest BCUT2D eigenvalue weighted by molar-refractivity contribution is -0.0667. The highest BCUT2D eigenvalue weighted by atomic mass is 16.5. The van der Waals surface area contributed by atoms with Crippen molar-refractivity contribution in [3.63, 3.8) is 0 Å². The van der Waals surface area contributed by atoms with E-state index in [1.165, 1.54) is 0 Å². The number of rotatable bonds is 4. The number of amides is 1. The Morgan fingerprint density at radius 1 is 1.40 bits per heavy atom. The first kappa shape index (κ1) is 17.6. The zero-order chi connectivity index (χ0) is 18.0. The van der Waals surface area contributed by atoms with Crippen LogP contribution in [-0.2, 0) is 11.3 Å². The predicted octanol–water partition coefficient (Wildman–Crippen LogP) is 1.77. The van der Waals surface area contributed by atoms with Crippen molar-refractivity contribution in [3.05, 3.63) is 53.1 Å². The van der Waals surface area contributed by atoms with Crippen LogP contribution in [0.5, 0.6) is 0 Å². The number of carbonyl (C=O) groups excluding carboxylic acids is 1. The predicted molar refractivity (Wildman–Crippen MR) is 94.6 cm³/mol. The largest absolute Gasteiger partial charge is 0.394 e. The number of morpholine rings is 1. The van der Waals surface area contributed by atoms with Crippen LogP contribution in [0.4, 0.5) is 0 Å². The zero-order valence-corrected chi connectivity index (χ0v) is 15.0. The van der Waals surface area contributed by atoms with Gasteiger partial charge < -0.3 is 19.3 Å². The minimum Gasteiger partial charge on any atom is -0.394 e. The van der Waals surface area contributed by atoms with Gasteiger partial charge in [-0.3, -0.25) is 9.78 Å². The molecule has 2 atom stereocenters. The number of aryl methyl sites for hydroxylation is 1. The number of hydrogen-bond acceptors (Lipinski definition) is 4. The standard InChI is InChI=1S/C19H25N3O3/c1-13-8-18(15(3)21(13)9-16-6-4-5-7-20-16)19(24)22-10-17(11-23)25-12-14(22)2/h4-8,14,17,23H,9-12H2,1-3H3. The average Bonchev–Trinajstić information content (AvgIpc) is 2.91. The van der Waals surface area contributed by atoms with Gasteiger partial charge in [0.05, 0.1) is 43.2 Å². The number of aliphatic hydroxyl groups excluding tert-OH is 1. The van der Waals surface area contributed by atoms with Crippen LogP contribution in [0.2, 0.25) is 0 Å². The molecule has 1 aliphatic rings. The minimum absolute atomic E-state index is 0.00498. The van der Waals surface area contributed by atoms with E-state index in [1.54, 1.807) is 11.1 Å². The molecular weight excluding hydrogens is 318 g/mol. The first-order valence-electron chi connectivity index (χ1n) is 8.61. The number of ether oxygens (including phenoxy) is 1. The summed E-state index contributed by atoms with van der Waals surface area (Å²) in [6.07, 6.45) is 1.47. The lowest BCUT2D eigenvalue weighted by Gasteiger charge is -2.37. The number of nitrogens with zero attached hydrogens (tertiary/aromatic N) is 3. The smallest absolute Gasteiger partial charge is 0.256 e. The second-order valence-corrected chi connectivity index (χ2v) is 6.64. The minimum atomic E-state index is -0.308. The van der Waals surface area contributed by atoms with Crippen molar-refractivity contribution in [1.29, 1.82) is 0 Å². The Morgan fingerprint density at radius 2 is 2.20 bits per heavy atom. The van der Waals surface area contributed by atoms with E-state index < -0.39 is 0 Å². The van der Waals surface area contributed by atoms with Gasteiger partial charge in [-0.15, -0.1) is 0 Å². The van der Waals surface area contributed by atoms with Gasteiger partial charge in [-0.2, -0.15) is 0 Å². The van der Waals surface area contributed by atoms with Crippen LogP contribution in [0.3, 0.4) is 0 Å². The van der Waals surface area contributed by atoms with Crippen molar-refractivity contribution in [2.45, 2.75) is 39.5 Å². The highest BCUT2D eigenvalue weighted by Gasteiger charge is 2.31. The molecule has 1 N–H and O–H groups in total. The van der Waals surface area contributed by atoms with Crippen LogP contribution in [0.15, 0.2) is 30.5 Å². The molecule has 0 aliphatic carbocycles. The van der Waals surface area contributed by atoms with Crippen molar-refractivity contribution < 1.29 is 14.6 Å². The van der Waals surface area contributed by atoms with Gasteiger partial charge in [0.15, 0.2) is 0 Å². The van der Waals surface area contributed by atoms with Crippen molar-refractivity contribution in [2.75, 3.05) is 19.8 Å². The molecule has 0 bridgehead atoms. The molecule has 6 nitrogen and oxygen atoms in total. The summed E-state index contributed by atoms with van der Waals surface area (Å²) in [5, 5.41) is 9.34. The third-order valence-corrected chi connectivity index (χ3v) is 4.82. The Bertz CT molecular complexity index is 742. The normalized spacial score (nSPS) is 20.7. The number of pyridine rings is 1. The lowest BCUT2D eigenvalue weighted by atomic mass is 10.1.